The van der Waals surface area contributed by atoms with Gasteiger partial charge in [0.05, 0.1) is 22.4 Å². The van der Waals surface area contributed by atoms with Crippen molar-refractivity contribution < 1.29 is 4.79 Å². The maximum absolute atomic E-state index is 12.4. The number of rotatable bonds is 4. The third-order valence-corrected chi connectivity index (χ3v) is 4.38. The number of hydrogen-bond donors (Lipinski definition) is 2. The van der Waals surface area contributed by atoms with E-state index in [1.807, 2.05) is 13.8 Å². The Labute approximate surface area is 154 Å². The number of nitriles is 1. The highest BCUT2D eigenvalue weighted by Crippen LogP contribution is 2.23. The Kier molecular flexibility index (Phi) is 4.65. The molecule has 0 saturated carbocycles. The highest BCUT2D eigenvalue weighted by Gasteiger charge is 2.19. The van der Waals surface area contributed by atoms with Crippen molar-refractivity contribution >= 4 is 22.5 Å². The van der Waals surface area contributed by atoms with Gasteiger partial charge in [-0.15, -0.1) is 0 Å². The molecule has 27 heavy (non-hydrogen) atoms. The largest absolute Gasteiger partial charge is 0.329 e. The van der Waals surface area contributed by atoms with Crippen LogP contribution in [-0.2, 0) is 16.8 Å². The number of amides is 1. The summed E-state index contributed by atoms with van der Waals surface area (Å²) in [4.78, 5) is 38.6. The molecule has 1 aromatic heterocycles. The molecule has 0 saturated heterocycles. The quantitative estimate of drug-likeness (QED) is 0.741. The van der Waals surface area contributed by atoms with Crippen LogP contribution in [0, 0.1) is 11.3 Å². The summed E-state index contributed by atoms with van der Waals surface area (Å²) in [5, 5.41) is 12.2. The predicted molar refractivity (Wildman–Crippen MR) is 103 cm³/mol. The number of benzene rings is 2. The maximum atomic E-state index is 12.4. The fourth-order valence-electron chi connectivity index (χ4n) is 2.78. The summed E-state index contributed by atoms with van der Waals surface area (Å²) in [5.74, 6) is -0.401. The summed E-state index contributed by atoms with van der Waals surface area (Å²) >= 11 is 0. The first kappa shape index (κ1) is 18.1. The van der Waals surface area contributed by atoms with Crippen LogP contribution in [0.3, 0.4) is 0 Å². The highest BCUT2D eigenvalue weighted by molar-refractivity contribution is 5.91. The minimum atomic E-state index is -0.639. The molecule has 0 fully saturated rings. The van der Waals surface area contributed by atoms with Crippen LogP contribution < -0.4 is 16.6 Å². The van der Waals surface area contributed by atoms with Crippen molar-refractivity contribution in [2.45, 2.75) is 25.8 Å². The van der Waals surface area contributed by atoms with Gasteiger partial charge in [-0.2, -0.15) is 5.26 Å². The second kappa shape index (κ2) is 6.92. The molecule has 0 aliphatic heterocycles. The Morgan fingerprint density at radius 3 is 2.48 bits per heavy atom. The van der Waals surface area contributed by atoms with Gasteiger partial charge in [0.25, 0.3) is 5.56 Å². The summed E-state index contributed by atoms with van der Waals surface area (Å²) in [5.41, 5.74) is 0.0468. The summed E-state index contributed by atoms with van der Waals surface area (Å²) in [6, 6.07) is 15.8. The molecule has 0 spiro atoms. The van der Waals surface area contributed by atoms with E-state index < -0.39 is 22.6 Å². The second-order valence-corrected chi connectivity index (χ2v) is 6.72. The molecule has 0 radical (unpaired) electrons. The predicted octanol–water partition coefficient (Wildman–Crippen LogP) is 2.13. The van der Waals surface area contributed by atoms with E-state index >= 15 is 0 Å². The van der Waals surface area contributed by atoms with E-state index in [9.17, 15) is 19.6 Å². The maximum Gasteiger partial charge on any atom is 0.329 e. The van der Waals surface area contributed by atoms with Gasteiger partial charge < -0.3 is 5.32 Å². The van der Waals surface area contributed by atoms with Crippen LogP contribution in [-0.4, -0.2) is 15.5 Å². The Morgan fingerprint density at radius 1 is 1.15 bits per heavy atom. The van der Waals surface area contributed by atoms with Gasteiger partial charge in [0.1, 0.15) is 6.54 Å². The molecule has 3 rings (SSSR count). The average molecular weight is 362 g/mol. The molecule has 7 nitrogen and oxygen atoms in total. The van der Waals surface area contributed by atoms with Crippen molar-refractivity contribution in [2.24, 2.45) is 0 Å². The van der Waals surface area contributed by atoms with Gasteiger partial charge in [-0.3, -0.25) is 19.1 Å². The van der Waals surface area contributed by atoms with Crippen molar-refractivity contribution in [3.63, 3.8) is 0 Å². The topological polar surface area (TPSA) is 108 Å². The molecule has 7 heteroatoms. The van der Waals surface area contributed by atoms with Crippen molar-refractivity contribution in [2.75, 3.05) is 5.32 Å². The van der Waals surface area contributed by atoms with Gasteiger partial charge in [-0.25, -0.2) is 4.79 Å². The molecular formula is C20H18N4O3. The lowest BCUT2D eigenvalue weighted by atomic mass is 9.86. The van der Waals surface area contributed by atoms with E-state index in [2.05, 4.69) is 16.4 Å². The van der Waals surface area contributed by atoms with E-state index in [-0.39, 0.29) is 6.54 Å². The smallest absolute Gasteiger partial charge is 0.325 e. The van der Waals surface area contributed by atoms with Crippen LogP contribution in [0.4, 0.5) is 5.69 Å². The lowest BCUT2D eigenvalue weighted by Crippen LogP contribution is -2.34. The number of aromatic nitrogens is 2. The summed E-state index contributed by atoms with van der Waals surface area (Å²) in [7, 11) is 0. The van der Waals surface area contributed by atoms with Gasteiger partial charge in [-0.1, -0.05) is 24.3 Å². The third kappa shape index (κ3) is 3.65. The molecule has 136 valence electrons. The van der Waals surface area contributed by atoms with Crippen LogP contribution in [0.25, 0.3) is 10.9 Å². The normalized spacial score (nSPS) is 11.1. The number of carbonyl (C=O) groups excluding carboxylic acids is 1. The SMILES string of the molecule is CC(C)(C#N)c1ccc(NC(=O)Cn2c(=O)[nH]c(=O)c3ccccc32)cc1. The van der Waals surface area contributed by atoms with Crippen LogP contribution >= 0.6 is 0 Å². The number of aromatic amines is 1. The first-order chi connectivity index (χ1) is 12.8. The lowest BCUT2D eigenvalue weighted by molar-refractivity contribution is -0.116. The molecule has 2 aromatic carbocycles. The fourth-order valence-corrected chi connectivity index (χ4v) is 2.78. The van der Waals surface area contributed by atoms with E-state index in [1.165, 1.54) is 4.57 Å². The molecule has 0 aliphatic rings. The van der Waals surface area contributed by atoms with Crippen molar-refractivity contribution in [3.8, 4) is 6.07 Å². The van der Waals surface area contributed by atoms with E-state index in [0.717, 1.165) is 5.56 Å². The first-order valence-electron chi connectivity index (χ1n) is 8.35. The molecule has 1 amide bonds. The monoisotopic (exact) mass is 362 g/mol. The van der Waals surface area contributed by atoms with Crippen molar-refractivity contribution in [1.82, 2.24) is 9.55 Å². The number of para-hydroxylation sites is 1. The number of nitrogens with zero attached hydrogens (tertiary/aromatic N) is 2. The average Bonchev–Trinajstić information content (AvgIpc) is 2.65. The number of anilines is 1. The van der Waals surface area contributed by atoms with Crippen molar-refractivity contribution in [3.05, 3.63) is 74.9 Å². The molecule has 0 unspecified atom stereocenters. The zero-order valence-electron chi connectivity index (χ0n) is 14.9. The molecular weight excluding hydrogens is 344 g/mol. The third-order valence-electron chi connectivity index (χ3n) is 4.38. The highest BCUT2D eigenvalue weighted by atomic mass is 16.2. The van der Waals surface area contributed by atoms with Gasteiger partial charge in [-0.05, 0) is 43.7 Å². The van der Waals surface area contributed by atoms with Gasteiger partial charge >= 0.3 is 5.69 Å². The molecule has 1 heterocycles. The Balaban J connectivity index is 1.83. The van der Waals surface area contributed by atoms with E-state index in [0.29, 0.717) is 16.6 Å². The molecule has 2 N–H and O–H groups in total. The van der Waals surface area contributed by atoms with Crippen LogP contribution in [0.15, 0.2) is 58.1 Å². The zero-order valence-corrected chi connectivity index (χ0v) is 14.9. The fraction of sp³-hybridized carbons (Fsp3) is 0.200. The number of H-pyrrole nitrogens is 1. The second-order valence-electron chi connectivity index (χ2n) is 6.72. The number of nitrogens with one attached hydrogen (secondary N) is 2. The summed E-state index contributed by atoms with van der Waals surface area (Å²) in [6.45, 7) is 3.39. The minimum absolute atomic E-state index is 0.235. The first-order valence-corrected chi connectivity index (χ1v) is 8.35. The van der Waals surface area contributed by atoms with E-state index in [1.54, 1.807) is 48.5 Å². The van der Waals surface area contributed by atoms with Crippen molar-refractivity contribution in [1.29, 1.82) is 5.26 Å². The standard InChI is InChI=1S/C20H18N4O3/c1-20(2,12-21)13-7-9-14(10-8-13)22-17(25)11-24-16-6-4-3-5-15(16)18(26)23-19(24)27/h3-10H,11H2,1-2H3,(H,22,25)(H,23,26,27). The van der Waals surface area contributed by atoms with Crippen LogP contribution in [0.5, 0.6) is 0 Å². The Morgan fingerprint density at radius 2 is 1.81 bits per heavy atom. The van der Waals surface area contributed by atoms with E-state index in [4.69, 9.17) is 0 Å². The molecule has 0 aliphatic carbocycles. The lowest BCUT2D eigenvalue weighted by Gasteiger charge is -2.16. The Bertz CT molecular complexity index is 1160. The molecule has 3 aromatic rings. The Hall–Kier alpha value is -3.66. The zero-order chi connectivity index (χ0) is 19.6. The summed E-state index contributed by atoms with van der Waals surface area (Å²) in [6.07, 6.45) is 0. The van der Waals surface area contributed by atoms with Crippen LogP contribution in [0.2, 0.25) is 0 Å². The number of carbonyl (C=O) groups is 1. The minimum Gasteiger partial charge on any atom is -0.325 e. The van der Waals surface area contributed by atoms with Gasteiger partial charge in [0.15, 0.2) is 0 Å². The number of hydrogen-bond acceptors (Lipinski definition) is 4. The molecule has 0 bridgehead atoms. The number of fused-ring (bicyclic) bond motifs is 1. The van der Waals surface area contributed by atoms with Gasteiger partial charge in [0, 0.05) is 5.69 Å². The van der Waals surface area contributed by atoms with Gasteiger partial charge in [0.2, 0.25) is 5.91 Å². The van der Waals surface area contributed by atoms with Crippen LogP contribution in [0.1, 0.15) is 19.4 Å². The summed E-state index contributed by atoms with van der Waals surface area (Å²) < 4.78 is 1.22. The molecule has 0 atom stereocenters.